The molecule has 0 radical (unpaired) electrons. The Bertz CT molecular complexity index is 1320. The van der Waals surface area contributed by atoms with Crippen LogP contribution in [0.25, 0.3) is 11.6 Å². The Hall–Kier alpha value is -4.28. The fourth-order valence-corrected chi connectivity index (χ4v) is 3.48. The molecule has 0 unspecified atom stereocenters. The van der Waals surface area contributed by atoms with Crippen molar-refractivity contribution in [2.75, 3.05) is 4.90 Å². The first-order chi connectivity index (χ1) is 16.6. The van der Waals surface area contributed by atoms with E-state index in [1.54, 1.807) is 31.2 Å². The van der Waals surface area contributed by atoms with Crippen LogP contribution < -0.4 is 10.2 Å². The van der Waals surface area contributed by atoms with Crippen molar-refractivity contribution in [2.24, 2.45) is 0 Å². The molecule has 10 nitrogen and oxygen atoms in total. The summed E-state index contributed by atoms with van der Waals surface area (Å²) in [6.07, 6.45) is 1.40. The number of anilines is 1. The Labute approximate surface area is 200 Å². The summed E-state index contributed by atoms with van der Waals surface area (Å²) in [4.78, 5) is 29.3. The summed E-state index contributed by atoms with van der Waals surface area (Å²) in [6, 6.07) is 10.8. The minimum absolute atomic E-state index is 0.169. The van der Waals surface area contributed by atoms with Crippen LogP contribution >= 0.6 is 0 Å². The molecular formula is C24H25FN6O4. The normalized spacial score (nSPS) is 12.4. The van der Waals surface area contributed by atoms with Crippen LogP contribution in [0.2, 0.25) is 0 Å². The molecule has 3 aromatic heterocycles. The van der Waals surface area contributed by atoms with Gasteiger partial charge in [-0.05, 0) is 75.4 Å². The summed E-state index contributed by atoms with van der Waals surface area (Å²) < 4.78 is 25.2. The van der Waals surface area contributed by atoms with Crippen LogP contribution in [-0.4, -0.2) is 37.6 Å². The van der Waals surface area contributed by atoms with E-state index in [1.165, 1.54) is 35.4 Å². The largest absolute Gasteiger partial charge is 0.467 e. The molecule has 35 heavy (non-hydrogen) atoms. The minimum Gasteiger partial charge on any atom is -0.467 e. The van der Waals surface area contributed by atoms with Gasteiger partial charge in [-0.2, -0.15) is 4.80 Å². The van der Waals surface area contributed by atoms with Crippen molar-refractivity contribution in [2.45, 2.75) is 45.8 Å². The van der Waals surface area contributed by atoms with Crippen molar-refractivity contribution in [1.29, 1.82) is 0 Å². The number of aromatic nitrogens is 4. The Balaban J connectivity index is 1.71. The highest BCUT2D eigenvalue weighted by molar-refractivity contribution is 6.01. The maximum absolute atomic E-state index is 14.2. The number of nitrogens with one attached hydrogen (secondary N) is 1. The second-order valence-electron chi connectivity index (χ2n) is 8.95. The van der Waals surface area contributed by atoms with E-state index < -0.39 is 29.2 Å². The zero-order valence-electron chi connectivity index (χ0n) is 19.7. The van der Waals surface area contributed by atoms with Crippen LogP contribution in [0.1, 0.15) is 38.3 Å². The third kappa shape index (κ3) is 5.62. The van der Waals surface area contributed by atoms with Gasteiger partial charge in [0, 0.05) is 11.2 Å². The predicted octanol–water partition coefficient (Wildman–Crippen LogP) is 3.66. The molecule has 4 aromatic rings. The summed E-state index contributed by atoms with van der Waals surface area (Å²) in [7, 11) is 0. The van der Waals surface area contributed by atoms with Gasteiger partial charge in [0.1, 0.15) is 23.9 Å². The SMILES string of the molecule is Cc1ccc(-c2nnn(CC(=O)N(c3cccc(F)c3)[C@H](C(=O)NC(C)(C)C)c3ccco3)n2)o1. The highest BCUT2D eigenvalue weighted by Crippen LogP contribution is 2.30. The number of furan rings is 2. The van der Waals surface area contributed by atoms with Crippen molar-refractivity contribution in [3.8, 4) is 11.6 Å². The minimum atomic E-state index is -1.21. The quantitative estimate of drug-likeness (QED) is 0.429. The first kappa shape index (κ1) is 23.9. The van der Waals surface area contributed by atoms with Crippen molar-refractivity contribution in [3.63, 3.8) is 0 Å². The highest BCUT2D eigenvalue weighted by Gasteiger charge is 2.36. The topological polar surface area (TPSA) is 119 Å². The summed E-state index contributed by atoms with van der Waals surface area (Å²) in [5, 5.41) is 14.9. The van der Waals surface area contributed by atoms with Gasteiger partial charge in [-0.15, -0.1) is 10.2 Å². The number of carbonyl (C=O) groups is 2. The number of nitrogens with zero attached hydrogens (tertiary/aromatic N) is 5. The van der Waals surface area contributed by atoms with Gasteiger partial charge in [0.05, 0.1) is 6.26 Å². The van der Waals surface area contributed by atoms with E-state index in [0.717, 1.165) is 4.80 Å². The lowest BCUT2D eigenvalue weighted by atomic mass is 10.1. The van der Waals surface area contributed by atoms with Crippen LogP contribution in [0, 0.1) is 12.7 Å². The summed E-state index contributed by atoms with van der Waals surface area (Å²) in [6.45, 7) is 6.86. The average molecular weight is 481 g/mol. The molecule has 0 aliphatic heterocycles. The van der Waals surface area contributed by atoms with Gasteiger partial charge in [0.2, 0.25) is 5.82 Å². The number of hydrogen-bond acceptors (Lipinski definition) is 7. The Kier molecular flexibility index (Phi) is 6.50. The Morgan fingerprint density at radius 3 is 2.60 bits per heavy atom. The number of halogens is 1. The molecule has 1 aromatic carbocycles. The molecule has 4 rings (SSSR count). The molecule has 0 saturated heterocycles. The second-order valence-corrected chi connectivity index (χ2v) is 8.95. The van der Waals surface area contributed by atoms with Gasteiger partial charge in [-0.25, -0.2) is 4.39 Å². The average Bonchev–Trinajstić information content (AvgIpc) is 3.52. The van der Waals surface area contributed by atoms with Crippen LogP contribution in [0.5, 0.6) is 0 Å². The number of amides is 2. The monoisotopic (exact) mass is 480 g/mol. The lowest BCUT2D eigenvalue weighted by Gasteiger charge is -2.32. The van der Waals surface area contributed by atoms with E-state index >= 15 is 0 Å². The standard InChI is InChI=1S/C24H25FN6O4/c1-15-10-11-19(35-15)22-27-29-30(28-22)14-20(32)31(17-8-5-7-16(25)13-17)21(18-9-6-12-34-18)23(33)26-24(2,3)4/h5-13,21H,14H2,1-4H3,(H,26,33)/t21-/m0/s1. The van der Waals surface area contributed by atoms with E-state index in [0.29, 0.717) is 11.5 Å². The first-order valence-corrected chi connectivity index (χ1v) is 10.9. The van der Waals surface area contributed by atoms with Gasteiger partial charge in [0.15, 0.2) is 11.8 Å². The van der Waals surface area contributed by atoms with Gasteiger partial charge < -0.3 is 14.2 Å². The summed E-state index contributed by atoms with van der Waals surface area (Å²) >= 11 is 0. The predicted molar refractivity (Wildman–Crippen MR) is 123 cm³/mol. The third-order valence-corrected chi connectivity index (χ3v) is 4.86. The summed E-state index contributed by atoms with van der Waals surface area (Å²) in [5.41, 5.74) is -0.426. The molecule has 11 heteroatoms. The first-order valence-electron chi connectivity index (χ1n) is 10.9. The Morgan fingerprint density at radius 2 is 1.97 bits per heavy atom. The van der Waals surface area contributed by atoms with Crippen LogP contribution in [-0.2, 0) is 16.1 Å². The maximum Gasteiger partial charge on any atom is 0.251 e. The lowest BCUT2D eigenvalue weighted by Crippen LogP contribution is -2.50. The van der Waals surface area contributed by atoms with Crippen LogP contribution in [0.4, 0.5) is 10.1 Å². The van der Waals surface area contributed by atoms with Crippen molar-refractivity contribution >= 4 is 17.5 Å². The highest BCUT2D eigenvalue weighted by atomic mass is 19.1. The smallest absolute Gasteiger partial charge is 0.251 e. The molecule has 2 amide bonds. The number of benzene rings is 1. The molecule has 0 aliphatic carbocycles. The fourth-order valence-electron chi connectivity index (χ4n) is 3.48. The molecule has 0 fully saturated rings. The molecule has 0 aliphatic rings. The summed E-state index contributed by atoms with van der Waals surface area (Å²) in [5.74, 6) is -0.149. The molecule has 1 N–H and O–H groups in total. The van der Waals surface area contributed by atoms with Gasteiger partial charge in [-0.3, -0.25) is 14.5 Å². The van der Waals surface area contributed by atoms with Crippen molar-refractivity contribution < 1.29 is 22.8 Å². The van der Waals surface area contributed by atoms with Crippen LogP contribution in [0.3, 0.4) is 0 Å². The van der Waals surface area contributed by atoms with E-state index in [1.807, 2.05) is 20.8 Å². The van der Waals surface area contributed by atoms with Gasteiger partial charge in [0.25, 0.3) is 11.8 Å². The number of tetrazole rings is 1. The number of rotatable bonds is 7. The van der Waals surface area contributed by atoms with Gasteiger partial charge in [-0.1, -0.05) is 6.07 Å². The number of hydrogen-bond donors (Lipinski definition) is 1. The van der Waals surface area contributed by atoms with Crippen molar-refractivity contribution in [1.82, 2.24) is 25.5 Å². The molecule has 0 bridgehead atoms. The number of carbonyl (C=O) groups excluding carboxylic acids is 2. The second kappa shape index (κ2) is 9.53. The van der Waals surface area contributed by atoms with E-state index in [9.17, 15) is 14.0 Å². The van der Waals surface area contributed by atoms with Gasteiger partial charge >= 0.3 is 0 Å². The third-order valence-electron chi connectivity index (χ3n) is 4.86. The fraction of sp³-hybridized carbons (Fsp3) is 0.292. The van der Waals surface area contributed by atoms with E-state index in [-0.39, 0.29) is 23.8 Å². The molecule has 3 heterocycles. The molecule has 182 valence electrons. The molecule has 0 spiro atoms. The lowest BCUT2D eigenvalue weighted by molar-refractivity contribution is -0.128. The molecule has 1 atom stereocenters. The van der Waals surface area contributed by atoms with E-state index in [2.05, 4.69) is 20.7 Å². The zero-order valence-corrected chi connectivity index (χ0v) is 19.7. The van der Waals surface area contributed by atoms with Crippen LogP contribution in [0.15, 0.2) is 63.6 Å². The molecular weight excluding hydrogens is 455 g/mol. The van der Waals surface area contributed by atoms with E-state index in [4.69, 9.17) is 8.83 Å². The zero-order chi connectivity index (χ0) is 25.2. The molecule has 0 saturated carbocycles. The number of aryl methyl sites for hydroxylation is 1. The van der Waals surface area contributed by atoms with Crippen molar-refractivity contribution in [3.05, 3.63) is 72.1 Å². The Morgan fingerprint density at radius 1 is 1.17 bits per heavy atom. The maximum atomic E-state index is 14.2.